The molecule has 0 bridgehead atoms. The van der Waals surface area contributed by atoms with E-state index >= 15 is 8.78 Å². The van der Waals surface area contributed by atoms with Gasteiger partial charge in [-0.25, -0.2) is 28.0 Å². The third kappa shape index (κ3) is 6.34. The molecular weight excluding hydrogens is 649 g/mol. The van der Waals surface area contributed by atoms with Gasteiger partial charge in [-0.3, -0.25) is 24.5 Å². The maximum Gasteiger partial charge on any atom is 0.338 e. The highest BCUT2D eigenvalue weighted by molar-refractivity contribution is 7.11. The van der Waals surface area contributed by atoms with Crippen LogP contribution in [0.2, 0.25) is 0 Å². The number of ether oxygens (including phenoxy) is 1. The number of carboxylic acid groups (broad SMARTS) is 1. The molecule has 2 saturated heterocycles. The normalized spacial score (nSPS) is 24.4. The lowest BCUT2D eigenvalue weighted by atomic mass is 9.89. The predicted molar refractivity (Wildman–Crippen MR) is 171 cm³/mol. The summed E-state index contributed by atoms with van der Waals surface area (Å²) in [5.74, 6) is -5.71. The fraction of sp³-hybridized carbons (Fsp3) is 0.545. The van der Waals surface area contributed by atoms with Crippen LogP contribution in [0.25, 0.3) is 0 Å². The van der Waals surface area contributed by atoms with Crippen molar-refractivity contribution in [3.8, 4) is 0 Å². The molecule has 48 heavy (non-hydrogen) atoms. The van der Waals surface area contributed by atoms with Crippen molar-refractivity contribution in [3.63, 3.8) is 0 Å². The van der Waals surface area contributed by atoms with Gasteiger partial charge in [0.05, 0.1) is 36.7 Å². The standard InChI is InChI=1S/C33H39F3N6O5S/c1-5-47-30(44)24-22(38-27(28-37-12-14-48-28)39-25(24)20-7-6-8-21(34)18(20)2)15-40-17-33(35,36)26-23(40)16-42(29(43)19-9-10-19)41(26)13-11-32(3,4)31(45)46/h6-8,12,14,19,23,25-26H,5,9-11,13,15-17H2,1-4H3,(H,38,39)(H,45,46). The minimum atomic E-state index is -3.28. The Bertz CT molecular complexity index is 1660. The number of hydrogen-bond donors (Lipinski definition) is 2. The summed E-state index contributed by atoms with van der Waals surface area (Å²) in [7, 11) is 0. The van der Waals surface area contributed by atoms with Gasteiger partial charge >= 0.3 is 11.9 Å². The van der Waals surface area contributed by atoms with Crippen LogP contribution in [0.4, 0.5) is 13.2 Å². The smallest absolute Gasteiger partial charge is 0.338 e. The number of halogens is 3. The number of nitrogens with zero attached hydrogens (tertiary/aromatic N) is 5. The van der Waals surface area contributed by atoms with Crippen LogP contribution in [0.15, 0.2) is 46.0 Å². The molecule has 6 rings (SSSR count). The first-order chi connectivity index (χ1) is 22.7. The first-order valence-electron chi connectivity index (χ1n) is 16.1. The van der Waals surface area contributed by atoms with Crippen LogP contribution in [-0.2, 0) is 19.1 Å². The number of rotatable bonds is 11. The molecule has 15 heteroatoms. The van der Waals surface area contributed by atoms with Crippen molar-refractivity contribution in [3.05, 3.63) is 63.0 Å². The number of carboxylic acids is 1. The SMILES string of the molecule is CCOC(=O)C1=C(CN2CC(F)(F)C3C2CN(C(=O)C2CC2)N3CCC(C)(C)C(=O)O)NC(c2nccs2)=NC1c1cccc(F)c1C. The molecule has 3 unspecified atom stereocenters. The molecule has 258 valence electrons. The quantitative estimate of drug-likeness (QED) is 0.335. The number of hydrogen-bond acceptors (Lipinski definition) is 10. The minimum Gasteiger partial charge on any atom is -0.481 e. The molecule has 0 radical (unpaired) electrons. The number of aromatic nitrogens is 1. The zero-order valence-electron chi connectivity index (χ0n) is 27.2. The highest BCUT2D eigenvalue weighted by atomic mass is 32.1. The lowest BCUT2D eigenvalue weighted by Gasteiger charge is -2.35. The molecule has 3 fully saturated rings. The van der Waals surface area contributed by atoms with Gasteiger partial charge in [-0.15, -0.1) is 11.3 Å². The van der Waals surface area contributed by atoms with E-state index in [0.29, 0.717) is 29.2 Å². The molecular formula is C33H39F3N6O5S. The first kappa shape index (κ1) is 34.1. The number of hydrazine groups is 1. The van der Waals surface area contributed by atoms with Gasteiger partial charge in [0.15, 0.2) is 10.8 Å². The molecule has 3 aliphatic heterocycles. The second-order valence-electron chi connectivity index (χ2n) is 13.4. The Morgan fingerprint density at radius 3 is 2.62 bits per heavy atom. The summed E-state index contributed by atoms with van der Waals surface area (Å²) >= 11 is 1.29. The summed E-state index contributed by atoms with van der Waals surface area (Å²) < 4.78 is 52.6. The van der Waals surface area contributed by atoms with Gasteiger partial charge in [-0.2, -0.15) is 0 Å². The van der Waals surface area contributed by atoms with Crippen molar-refractivity contribution < 1.29 is 37.4 Å². The van der Waals surface area contributed by atoms with Crippen LogP contribution in [0.1, 0.15) is 62.2 Å². The molecule has 1 aromatic carbocycles. The third-order valence-corrected chi connectivity index (χ3v) is 10.4. The van der Waals surface area contributed by atoms with E-state index in [1.807, 2.05) is 0 Å². The highest BCUT2D eigenvalue weighted by Gasteiger charge is 2.63. The maximum absolute atomic E-state index is 16.2. The Labute approximate surface area is 280 Å². The summed E-state index contributed by atoms with van der Waals surface area (Å²) in [4.78, 5) is 49.6. The van der Waals surface area contributed by atoms with Crippen LogP contribution in [-0.4, -0.2) is 99.5 Å². The Morgan fingerprint density at radius 1 is 1.23 bits per heavy atom. The topological polar surface area (TPSA) is 128 Å². The van der Waals surface area contributed by atoms with E-state index in [4.69, 9.17) is 9.73 Å². The largest absolute Gasteiger partial charge is 0.481 e. The second-order valence-corrected chi connectivity index (χ2v) is 14.3. The first-order valence-corrected chi connectivity index (χ1v) is 16.9. The van der Waals surface area contributed by atoms with Gasteiger partial charge in [0.1, 0.15) is 17.9 Å². The van der Waals surface area contributed by atoms with Crippen molar-refractivity contribution in [1.29, 1.82) is 0 Å². The lowest BCUT2D eigenvalue weighted by Crippen LogP contribution is -2.52. The molecule has 1 aliphatic carbocycles. The van der Waals surface area contributed by atoms with Gasteiger partial charge in [-0.05, 0) is 64.2 Å². The number of carbonyl (C=O) groups excluding carboxylic acids is 2. The van der Waals surface area contributed by atoms with Gasteiger partial charge in [0, 0.05) is 36.3 Å². The maximum atomic E-state index is 16.2. The molecule has 1 aromatic heterocycles. The molecule has 3 atom stereocenters. The number of carbonyl (C=O) groups is 3. The molecule has 1 saturated carbocycles. The number of nitrogens with one attached hydrogen (secondary N) is 1. The molecule has 0 spiro atoms. The van der Waals surface area contributed by atoms with E-state index in [1.165, 1.54) is 47.3 Å². The van der Waals surface area contributed by atoms with E-state index in [-0.39, 0.29) is 61.3 Å². The summed E-state index contributed by atoms with van der Waals surface area (Å²) in [6.07, 6.45) is 3.00. The third-order valence-electron chi connectivity index (χ3n) is 9.62. The average molecular weight is 689 g/mol. The van der Waals surface area contributed by atoms with E-state index in [9.17, 15) is 23.9 Å². The molecule has 2 N–H and O–H groups in total. The van der Waals surface area contributed by atoms with Crippen molar-refractivity contribution in [1.82, 2.24) is 25.2 Å². The Morgan fingerprint density at radius 2 is 1.98 bits per heavy atom. The number of thiazole rings is 1. The lowest BCUT2D eigenvalue weighted by molar-refractivity contribution is -0.159. The van der Waals surface area contributed by atoms with Crippen molar-refractivity contribution in [2.45, 2.75) is 71.0 Å². The van der Waals surface area contributed by atoms with Crippen molar-refractivity contribution in [2.24, 2.45) is 16.3 Å². The second kappa shape index (κ2) is 12.9. The highest BCUT2D eigenvalue weighted by Crippen LogP contribution is 2.45. The van der Waals surface area contributed by atoms with Crippen LogP contribution in [0, 0.1) is 24.1 Å². The minimum absolute atomic E-state index is 0.00896. The van der Waals surface area contributed by atoms with Crippen LogP contribution in [0.3, 0.4) is 0 Å². The Kier molecular flexibility index (Phi) is 9.15. The fourth-order valence-corrected chi connectivity index (χ4v) is 7.27. The molecule has 4 heterocycles. The zero-order valence-corrected chi connectivity index (χ0v) is 28.0. The van der Waals surface area contributed by atoms with E-state index in [1.54, 1.807) is 36.4 Å². The number of alkyl halides is 2. The van der Waals surface area contributed by atoms with Gasteiger partial charge in [-0.1, -0.05) is 12.1 Å². The summed E-state index contributed by atoms with van der Waals surface area (Å²) in [5, 5.41) is 17.9. The number of likely N-dealkylation sites (tertiary alicyclic amines) is 1. The Balaban J connectivity index is 1.39. The Hall–Kier alpha value is -3.82. The van der Waals surface area contributed by atoms with E-state index < -0.39 is 53.8 Å². The average Bonchev–Trinajstić information content (AvgIpc) is 3.48. The van der Waals surface area contributed by atoms with Gasteiger partial charge < -0.3 is 15.2 Å². The number of fused-ring (bicyclic) bond motifs is 1. The monoisotopic (exact) mass is 688 g/mol. The fourth-order valence-electron chi connectivity index (χ4n) is 6.69. The van der Waals surface area contributed by atoms with Crippen LogP contribution < -0.4 is 5.32 Å². The molecule has 1 amide bonds. The summed E-state index contributed by atoms with van der Waals surface area (Å²) in [6, 6.07) is 1.27. The number of amides is 1. The number of aliphatic carboxylic acids is 1. The number of benzene rings is 1. The molecule has 4 aliphatic rings. The van der Waals surface area contributed by atoms with E-state index in [0.717, 1.165) is 0 Å². The van der Waals surface area contributed by atoms with Crippen molar-refractivity contribution >= 4 is 35.0 Å². The van der Waals surface area contributed by atoms with Crippen LogP contribution >= 0.6 is 11.3 Å². The van der Waals surface area contributed by atoms with Crippen molar-refractivity contribution in [2.75, 3.05) is 32.8 Å². The number of esters is 1. The zero-order chi connectivity index (χ0) is 34.5. The summed E-state index contributed by atoms with van der Waals surface area (Å²) in [5.41, 5.74) is -0.151. The molecule has 2 aromatic rings. The summed E-state index contributed by atoms with van der Waals surface area (Å²) in [6.45, 7) is 5.48. The van der Waals surface area contributed by atoms with Crippen LogP contribution in [0.5, 0.6) is 0 Å². The van der Waals surface area contributed by atoms with Gasteiger partial charge in [0.25, 0.3) is 5.92 Å². The predicted octanol–water partition coefficient (Wildman–Crippen LogP) is 4.16. The number of amidine groups is 1. The van der Waals surface area contributed by atoms with Gasteiger partial charge in [0.2, 0.25) is 5.91 Å². The molecule has 11 nitrogen and oxygen atoms in total. The number of aliphatic imine (C=N–C) groups is 1. The van der Waals surface area contributed by atoms with E-state index in [2.05, 4.69) is 10.3 Å².